The fourth-order valence-corrected chi connectivity index (χ4v) is 4.73. The van der Waals surface area contributed by atoms with Crippen molar-refractivity contribution >= 4 is 0 Å². The molecule has 4 aromatic heterocycles. The summed E-state index contributed by atoms with van der Waals surface area (Å²) in [6, 6.07) is 9.90. The molecule has 1 N–H and O–H groups in total. The van der Waals surface area contributed by atoms with E-state index in [0.29, 0.717) is 12.4 Å². The highest BCUT2D eigenvalue weighted by molar-refractivity contribution is 5.81. The molecule has 4 heterocycles. The summed E-state index contributed by atoms with van der Waals surface area (Å²) in [4.78, 5) is 18.3. The van der Waals surface area contributed by atoms with E-state index in [1.165, 1.54) is 0 Å². The van der Waals surface area contributed by atoms with E-state index >= 15 is 0 Å². The van der Waals surface area contributed by atoms with Crippen LogP contribution in [-0.4, -0.2) is 44.5 Å². The fraction of sp³-hybridized carbons (Fsp3) is 0.333. The van der Waals surface area contributed by atoms with Gasteiger partial charge in [-0.3, -0.25) is 18.8 Å². The number of rotatable bonds is 9. The molecular formula is C27H31N9O. The normalized spacial score (nSPS) is 11.5. The Hall–Kier alpha value is -4.34. The maximum Gasteiger partial charge on any atom is 0.334 e. The molecule has 0 unspecified atom stereocenters. The number of aromatic nitrogens is 9. The van der Waals surface area contributed by atoms with E-state index in [-0.39, 0.29) is 11.6 Å². The Balaban J connectivity index is 1.63. The number of aromatic amines is 1. The van der Waals surface area contributed by atoms with E-state index in [4.69, 9.17) is 0 Å². The summed E-state index contributed by atoms with van der Waals surface area (Å²) in [5.74, 6) is 1.57. The third-order valence-electron chi connectivity index (χ3n) is 6.67. The summed E-state index contributed by atoms with van der Waals surface area (Å²) in [5.41, 5.74) is 5.67. The zero-order valence-corrected chi connectivity index (χ0v) is 21.6. The SMILES string of the molecule is CCCCc1cn(-c2c(C(C)C)cnn2C)c(=O)n1Cc1cnccc1-c1ccccc1-c1nn[nH]n1. The van der Waals surface area contributed by atoms with Gasteiger partial charge in [-0.25, -0.2) is 4.79 Å². The maximum atomic E-state index is 13.9. The van der Waals surface area contributed by atoms with Gasteiger partial charge in [0.05, 0.1) is 12.7 Å². The fourth-order valence-electron chi connectivity index (χ4n) is 4.73. The van der Waals surface area contributed by atoms with E-state index in [2.05, 4.69) is 51.5 Å². The first-order valence-electron chi connectivity index (χ1n) is 12.6. The number of unbranched alkanes of at least 4 members (excludes halogenated alkanes) is 1. The number of nitrogens with one attached hydrogen (secondary N) is 1. The van der Waals surface area contributed by atoms with Crippen molar-refractivity contribution in [3.8, 4) is 28.3 Å². The van der Waals surface area contributed by atoms with E-state index in [1.54, 1.807) is 15.4 Å². The molecule has 0 fully saturated rings. The second-order valence-corrected chi connectivity index (χ2v) is 9.48. The van der Waals surface area contributed by atoms with Gasteiger partial charge in [-0.05, 0) is 46.7 Å². The summed E-state index contributed by atoms with van der Waals surface area (Å²) in [6.45, 7) is 6.78. The van der Waals surface area contributed by atoms with Crippen LogP contribution < -0.4 is 5.69 Å². The lowest BCUT2D eigenvalue weighted by molar-refractivity contribution is 0.662. The van der Waals surface area contributed by atoms with Gasteiger partial charge in [0.1, 0.15) is 5.82 Å². The molecule has 0 aliphatic heterocycles. The molecule has 0 radical (unpaired) electrons. The molecule has 0 aliphatic rings. The van der Waals surface area contributed by atoms with Gasteiger partial charge in [0.15, 0.2) is 0 Å². The van der Waals surface area contributed by atoms with Gasteiger partial charge in [0, 0.05) is 42.5 Å². The minimum atomic E-state index is -0.0853. The van der Waals surface area contributed by atoms with Crippen LogP contribution in [0, 0.1) is 0 Å². The van der Waals surface area contributed by atoms with Crippen LogP contribution in [0.2, 0.25) is 0 Å². The molecule has 0 bridgehead atoms. The first-order valence-corrected chi connectivity index (χ1v) is 12.6. The predicted octanol–water partition coefficient (Wildman–Crippen LogP) is 4.13. The van der Waals surface area contributed by atoms with Crippen LogP contribution in [0.3, 0.4) is 0 Å². The second kappa shape index (κ2) is 10.3. The summed E-state index contributed by atoms with van der Waals surface area (Å²) in [7, 11) is 1.88. The lowest BCUT2D eigenvalue weighted by atomic mass is 9.96. The molecule has 0 saturated carbocycles. The van der Waals surface area contributed by atoms with Gasteiger partial charge < -0.3 is 0 Å². The number of hydrogen-bond acceptors (Lipinski definition) is 6. The number of tetrazole rings is 1. The van der Waals surface area contributed by atoms with Gasteiger partial charge in [-0.2, -0.15) is 10.3 Å². The molecule has 0 amide bonds. The van der Waals surface area contributed by atoms with Crippen molar-refractivity contribution in [3.63, 3.8) is 0 Å². The maximum absolute atomic E-state index is 13.9. The Labute approximate surface area is 215 Å². The summed E-state index contributed by atoms with van der Waals surface area (Å²) >= 11 is 0. The molecule has 0 spiro atoms. The Bertz CT molecular complexity index is 1560. The highest BCUT2D eigenvalue weighted by Crippen LogP contribution is 2.32. The Morgan fingerprint density at radius 3 is 2.59 bits per heavy atom. The third kappa shape index (κ3) is 4.62. The van der Waals surface area contributed by atoms with Crippen LogP contribution >= 0.6 is 0 Å². The molecular weight excluding hydrogens is 466 g/mol. The average Bonchev–Trinajstić information content (AvgIpc) is 3.64. The summed E-state index contributed by atoms with van der Waals surface area (Å²) < 4.78 is 5.39. The van der Waals surface area contributed by atoms with Crippen molar-refractivity contribution in [1.29, 1.82) is 0 Å². The van der Waals surface area contributed by atoms with E-state index < -0.39 is 0 Å². The molecule has 0 aliphatic carbocycles. The molecule has 0 atom stereocenters. The third-order valence-corrected chi connectivity index (χ3v) is 6.67. The lowest BCUT2D eigenvalue weighted by Crippen LogP contribution is -2.26. The van der Waals surface area contributed by atoms with Crippen molar-refractivity contribution in [2.24, 2.45) is 7.05 Å². The lowest BCUT2D eigenvalue weighted by Gasteiger charge is -2.14. The monoisotopic (exact) mass is 497 g/mol. The van der Waals surface area contributed by atoms with Crippen LogP contribution in [-0.2, 0) is 20.0 Å². The molecule has 5 rings (SSSR count). The number of nitrogens with zero attached hydrogens (tertiary/aromatic N) is 8. The Morgan fingerprint density at radius 1 is 1.05 bits per heavy atom. The number of imidazole rings is 1. The highest BCUT2D eigenvalue weighted by atomic mass is 16.1. The number of H-pyrrole nitrogens is 1. The molecule has 10 nitrogen and oxygen atoms in total. The average molecular weight is 498 g/mol. The molecule has 1 aromatic carbocycles. The van der Waals surface area contributed by atoms with Crippen LogP contribution in [0.25, 0.3) is 28.3 Å². The van der Waals surface area contributed by atoms with Gasteiger partial charge in [-0.15, -0.1) is 10.2 Å². The number of pyridine rings is 1. The van der Waals surface area contributed by atoms with Crippen LogP contribution in [0.15, 0.2) is 59.9 Å². The number of hydrogen-bond donors (Lipinski definition) is 1. The van der Waals surface area contributed by atoms with Crippen molar-refractivity contribution < 1.29 is 0 Å². The van der Waals surface area contributed by atoms with Crippen molar-refractivity contribution in [1.82, 2.24) is 44.5 Å². The second-order valence-electron chi connectivity index (χ2n) is 9.48. The standard InChI is InChI=1S/C27H31N9O/c1-5-6-9-20-17-36(26-24(18(2)3)15-29-34(26)4)27(37)35(20)16-19-14-28-13-12-21(19)22-10-7-8-11-23(22)25-30-32-33-31-25/h7-8,10-15,17-18H,5-6,9,16H2,1-4H3,(H,30,31,32,33). The molecule has 37 heavy (non-hydrogen) atoms. The Kier molecular flexibility index (Phi) is 6.80. The van der Waals surface area contributed by atoms with Crippen LogP contribution in [0.1, 0.15) is 56.4 Å². The van der Waals surface area contributed by atoms with Gasteiger partial charge in [0.2, 0.25) is 5.82 Å². The molecule has 0 saturated heterocycles. The first-order chi connectivity index (χ1) is 18.0. The topological polar surface area (TPSA) is 112 Å². The van der Waals surface area contributed by atoms with Gasteiger partial charge in [0.25, 0.3) is 0 Å². The zero-order chi connectivity index (χ0) is 25.9. The highest BCUT2D eigenvalue weighted by Gasteiger charge is 2.21. The predicted molar refractivity (Wildman–Crippen MR) is 141 cm³/mol. The van der Waals surface area contributed by atoms with E-state index in [0.717, 1.165) is 58.6 Å². The summed E-state index contributed by atoms with van der Waals surface area (Å²) in [6.07, 6.45) is 10.3. The first kappa shape index (κ1) is 24.4. The molecule has 190 valence electrons. The smallest absolute Gasteiger partial charge is 0.291 e. The van der Waals surface area contributed by atoms with Crippen LogP contribution in [0.4, 0.5) is 0 Å². The van der Waals surface area contributed by atoms with Crippen molar-refractivity contribution in [2.75, 3.05) is 0 Å². The van der Waals surface area contributed by atoms with Gasteiger partial charge in [-0.1, -0.05) is 51.5 Å². The van der Waals surface area contributed by atoms with Crippen molar-refractivity contribution in [2.45, 2.75) is 52.5 Å². The molecule has 10 heteroatoms. The largest absolute Gasteiger partial charge is 0.334 e. The Morgan fingerprint density at radius 2 is 1.86 bits per heavy atom. The summed E-state index contributed by atoms with van der Waals surface area (Å²) in [5, 5.41) is 19.1. The van der Waals surface area contributed by atoms with Crippen molar-refractivity contribution in [3.05, 3.63) is 82.4 Å². The minimum absolute atomic E-state index is 0.0853. The molecule has 5 aromatic rings. The minimum Gasteiger partial charge on any atom is -0.291 e. The number of aryl methyl sites for hydroxylation is 2. The van der Waals surface area contributed by atoms with Gasteiger partial charge >= 0.3 is 5.69 Å². The zero-order valence-electron chi connectivity index (χ0n) is 21.6. The van der Waals surface area contributed by atoms with E-state index in [9.17, 15) is 4.79 Å². The quantitative estimate of drug-likeness (QED) is 0.328. The van der Waals surface area contributed by atoms with E-state index in [1.807, 2.05) is 60.5 Å². The number of benzene rings is 1. The van der Waals surface area contributed by atoms with Crippen LogP contribution in [0.5, 0.6) is 0 Å².